The highest BCUT2D eigenvalue weighted by Crippen LogP contribution is 2.27. The van der Waals surface area contributed by atoms with Gasteiger partial charge in [0.25, 0.3) is 0 Å². The molecule has 0 saturated heterocycles. The molecule has 0 aliphatic heterocycles. The van der Waals surface area contributed by atoms with Crippen molar-refractivity contribution < 1.29 is 19.0 Å². The van der Waals surface area contributed by atoms with Crippen LogP contribution >= 0.6 is 0 Å². The third-order valence-corrected chi connectivity index (χ3v) is 2.61. The number of carboxylic acid groups (broad SMARTS) is 1. The van der Waals surface area contributed by atoms with Crippen molar-refractivity contribution in [3.63, 3.8) is 0 Å². The van der Waals surface area contributed by atoms with Crippen molar-refractivity contribution in [1.82, 2.24) is 4.98 Å². The lowest BCUT2D eigenvalue weighted by molar-refractivity contribution is -0.144. The molecular weight excluding hydrogens is 237 g/mol. The number of halogens is 1. The van der Waals surface area contributed by atoms with E-state index in [0.29, 0.717) is 22.2 Å². The Labute approximate surface area is 103 Å². The van der Waals surface area contributed by atoms with Crippen molar-refractivity contribution >= 4 is 16.9 Å². The number of ether oxygens (including phenoxy) is 1. The Morgan fingerprint density at radius 1 is 1.50 bits per heavy atom. The van der Waals surface area contributed by atoms with Crippen molar-refractivity contribution in [2.45, 2.75) is 20.0 Å². The molecule has 0 radical (unpaired) electrons. The highest BCUT2D eigenvalue weighted by Gasteiger charge is 2.15. The molecule has 0 saturated carbocycles. The zero-order valence-corrected chi connectivity index (χ0v) is 9.98. The first-order valence-corrected chi connectivity index (χ1v) is 5.43. The molecule has 0 bridgehead atoms. The van der Waals surface area contributed by atoms with E-state index in [1.54, 1.807) is 6.92 Å². The summed E-state index contributed by atoms with van der Waals surface area (Å²) >= 11 is 0. The highest BCUT2D eigenvalue weighted by atomic mass is 19.1. The number of aryl methyl sites for hydroxylation is 1. The number of benzene rings is 1. The van der Waals surface area contributed by atoms with Crippen LogP contribution in [0.5, 0.6) is 5.75 Å². The number of aromatic nitrogens is 1. The summed E-state index contributed by atoms with van der Waals surface area (Å²) in [5.41, 5.74) is 1.28. The number of carbonyl (C=O) groups is 1. The number of aliphatic carboxylic acids is 1. The van der Waals surface area contributed by atoms with E-state index in [9.17, 15) is 9.18 Å². The van der Waals surface area contributed by atoms with Gasteiger partial charge in [-0.15, -0.1) is 0 Å². The molecule has 1 atom stereocenters. The average molecular weight is 249 g/mol. The molecule has 1 heterocycles. The van der Waals surface area contributed by atoms with E-state index >= 15 is 0 Å². The van der Waals surface area contributed by atoms with Gasteiger partial charge in [0.05, 0.1) is 5.52 Å². The molecule has 0 fully saturated rings. The summed E-state index contributed by atoms with van der Waals surface area (Å²) in [6, 6.07) is 4.19. The lowest BCUT2D eigenvalue weighted by Gasteiger charge is -2.13. The molecule has 4 nitrogen and oxygen atoms in total. The van der Waals surface area contributed by atoms with Gasteiger partial charge in [0.15, 0.2) is 6.10 Å². The van der Waals surface area contributed by atoms with Crippen molar-refractivity contribution in [2.75, 3.05) is 0 Å². The first kappa shape index (κ1) is 12.3. The molecule has 0 aliphatic carbocycles. The molecule has 1 aromatic heterocycles. The van der Waals surface area contributed by atoms with E-state index in [2.05, 4.69) is 4.98 Å². The summed E-state index contributed by atoms with van der Waals surface area (Å²) in [5.74, 6) is -1.16. The molecule has 5 heteroatoms. The van der Waals surface area contributed by atoms with Gasteiger partial charge in [0.2, 0.25) is 0 Å². The SMILES string of the molecule is Cc1cc(F)cc2c(O[C@H](C)C(=O)O)ccnc12. The summed E-state index contributed by atoms with van der Waals surface area (Å²) in [5, 5.41) is 9.28. The number of rotatable bonds is 3. The predicted octanol–water partition coefficient (Wildman–Crippen LogP) is 2.53. The van der Waals surface area contributed by atoms with Crippen LogP contribution in [0, 0.1) is 12.7 Å². The van der Waals surface area contributed by atoms with Crippen LogP contribution in [0.15, 0.2) is 24.4 Å². The normalized spacial score (nSPS) is 12.4. The van der Waals surface area contributed by atoms with E-state index < -0.39 is 17.9 Å². The molecule has 1 N–H and O–H groups in total. The summed E-state index contributed by atoms with van der Waals surface area (Å²) in [6.07, 6.45) is 0.510. The fourth-order valence-electron chi connectivity index (χ4n) is 1.71. The standard InChI is InChI=1S/C13H12FNO3/c1-7-5-9(14)6-10-11(3-4-15-12(7)10)18-8(2)13(16)17/h3-6,8H,1-2H3,(H,16,17)/t8-/m1/s1. The van der Waals surface area contributed by atoms with Crippen LogP contribution in [-0.2, 0) is 4.79 Å². The van der Waals surface area contributed by atoms with Crippen LogP contribution in [0.4, 0.5) is 4.39 Å². The van der Waals surface area contributed by atoms with Crippen LogP contribution in [-0.4, -0.2) is 22.2 Å². The zero-order valence-electron chi connectivity index (χ0n) is 9.98. The highest BCUT2D eigenvalue weighted by molar-refractivity contribution is 5.87. The van der Waals surface area contributed by atoms with Crippen LogP contribution in [0.3, 0.4) is 0 Å². The summed E-state index contributed by atoms with van der Waals surface area (Å²) in [6.45, 7) is 3.16. The third-order valence-electron chi connectivity index (χ3n) is 2.61. The van der Waals surface area contributed by atoms with Gasteiger partial charge in [-0.3, -0.25) is 4.98 Å². The molecule has 18 heavy (non-hydrogen) atoms. The molecular formula is C13H12FNO3. The third kappa shape index (κ3) is 2.25. The molecule has 0 unspecified atom stereocenters. The maximum atomic E-state index is 13.4. The topological polar surface area (TPSA) is 59.4 Å². The Bertz CT molecular complexity index is 612. The summed E-state index contributed by atoms with van der Waals surface area (Å²) in [7, 11) is 0. The van der Waals surface area contributed by atoms with Crippen LogP contribution in [0.25, 0.3) is 10.9 Å². The average Bonchev–Trinajstić information content (AvgIpc) is 2.29. The number of pyridine rings is 1. The monoisotopic (exact) mass is 249 g/mol. The maximum Gasteiger partial charge on any atom is 0.344 e. The first-order valence-electron chi connectivity index (χ1n) is 5.43. The molecule has 1 aromatic carbocycles. The van der Waals surface area contributed by atoms with Crippen LogP contribution in [0.2, 0.25) is 0 Å². The molecule has 0 amide bonds. The second-order valence-electron chi connectivity index (χ2n) is 4.03. The van der Waals surface area contributed by atoms with Gasteiger partial charge < -0.3 is 9.84 Å². The lowest BCUT2D eigenvalue weighted by atomic mass is 10.1. The van der Waals surface area contributed by atoms with E-state index in [1.165, 1.54) is 31.3 Å². The van der Waals surface area contributed by atoms with Crippen LogP contribution < -0.4 is 4.74 Å². The molecule has 94 valence electrons. The minimum absolute atomic E-state index is 0.317. The number of nitrogens with zero attached hydrogens (tertiary/aromatic N) is 1. The minimum atomic E-state index is -1.08. The lowest BCUT2D eigenvalue weighted by Crippen LogP contribution is -2.23. The molecule has 2 rings (SSSR count). The van der Waals surface area contributed by atoms with E-state index in [-0.39, 0.29) is 0 Å². The molecule has 0 aliphatic rings. The van der Waals surface area contributed by atoms with E-state index in [0.717, 1.165) is 0 Å². The second-order valence-corrected chi connectivity index (χ2v) is 4.03. The van der Waals surface area contributed by atoms with Gasteiger partial charge in [-0.05, 0) is 37.6 Å². The van der Waals surface area contributed by atoms with Gasteiger partial charge in [0, 0.05) is 11.6 Å². The van der Waals surface area contributed by atoms with E-state index in [1.807, 2.05) is 0 Å². The Hall–Kier alpha value is -2.17. The van der Waals surface area contributed by atoms with Gasteiger partial charge in [-0.1, -0.05) is 0 Å². The van der Waals surface area contributed by atoms with Gasteiger partial charge >= 0.3 is 5.97 Å². The minimum Gasteiger partial charge on any atom is -0.479 e. The number of hydrogen-bond donors (Lipinski definition) is 1. The fourth-order valence-corrected chi connectivity index (χ4v) is 1.71. The number of hydrogen-bond acceptors (Lipinski definition) is 3. The van der Waals surface area contributed by atoms with Crippen molar-refractivity contribution in [3.8, 4) is 5.75 Å². The van der Waals surface area contributed by atoms with E-state index in [4.69, 9.17) is 9.84 Å². The predicted molar refractivity (Wildman–Crippen MR) is 64.2 cm³/mol. The smallest absolute Gasteiger partial charge is 0.344 e. The number of carboxylic acids is 1. The Balaban J connectivity index is 2.54. The summed E-state index contributed by atoms with van der Waals surface area (Å²) < 4.78 is 18.7. The van der Waals surface area contributed by atoms with Gasteiger partial charge in [-0.25, -0.2) is 9.18 Å². The molecule has 0 spiro atoms. The molecule has 2 aromatic rings. The zero-order chi connectivity index (χ0) is 13.3. The van der Waals surface area contributed by atoms with Crippen LogP contribution in [0.1, 0.15) is 12.5 Å². The Morgan fingerprint density at radius 3 is 2.89 bits per heavy atom. The largest absolute Gasteiger partial charge is 0.479 e. The summed E-state index contributed by atoms with van der Waals surface area (Å²) in [4.78, 5) is 14.9. The van der Waals surface area contributed by atoms with Gasteiger partial charge in [-0.2, -0.15) is 0 Å². The van der Waals surface area contributed by atoms with Gasteiger partial charge in [0.1, 0.15) is 11.6 Å². The van der Waals surface area contributed by atoms with Crippen molar-refractivity contribution in [1.29, 1.82) is 0 Å². The quantitative estimate of drug-likeness (QED) is 0.908. The van der Waals surface area contributed by atoms with Crippen molar-refractivity contribution in [2.24, 2.45) is 0 Å². The maximum absolute atomic E-state index is 13.4. The Morgan fingerprint density at radius 2 is 2.22 bits per heavy atom. The Kier molecular flexibility index (Phi) is 3.14. The first-order chi connectivity index (χ1) is 8.49. The van der Waals surface area contributed by atoms with Crippen molar-refractivity contribution in [3.05, 3.63) is 35.8 Å². The second kappa shape index (κ2) is 4.60. The fraction of sp³-hybridized carbons (Fsp3) is 0.231. The number of fused-ring (bicyclic) bond motifs is 1.